The van der Waals surface area contributed by atoms with Crippen LogP contribution in [0.1, 0.15) is 31.9 Å². The number of hydrogen-bond acceptors (Lipinski definition) is 3. The first-order valence-corrected chi connectivity index (χ1v) is 6.35. The number of benzene rings is 1. The van der Waals surface area contributed by atoms with Gasteiger partial charge >= 0.3 is 0 Å². The number of hydrogen-bond donors (Lipinski definition) is 0. The smallest absolute Gasteiger partial charge is 0.0991 e. The second-order valence-electron chi connectivity index (χ2n) is 5.68. The Balaban J connectivity index is 2.29. The lowest BCUT2D eigenvalue weighted by atomic mass is 10.0. The van der Waals surface area contributed by atoms with Crippen LogP contribution in [0.2, 0.25) is 0 Å². The summed E-state index contributed by atoms with van der Waals surface area (Å²) >= 11 is 0. The Hall–Kier alpha value is -1.53. The van der Waals surface area contributed by atoms with Crippen LogP contribution in [0.15, 0.2) is 18.2 Å². The van der Waals surface area contributed by atoms with E-state index in [2.05, 4.69) is 38.7 Å². The van der Waals surface area contributed by atoms with E-state index >= 15 is 0 Å². The average Bonchev–Trinajstić information content (AvgIpc) is 2.25. The van der Waals surface area contributed by atoms with Crippen molar-refractivity contribution < 1.29 is 4.74 Å². The lowest BCUT2D eigenvalue weighted by molar-refractivity contribution is -0.0749. The highest BCUT2D eigenvalue weighted by Gasteiger charge is 2.31. The molecule has 0 spiro atoms. The maximum Gasteiger partial charge on any atom is 0.0991 e. The third-order valence-corrected chi connectivity index (χ3v) is 3.24. The fourth-order valence-electron chi connectivity index (χ4n) is 2.72. The quantitative estimate of drug-likeness (QED) is 0.762. The summed E-state index contributed by atoms with van der Waals surface area (Å²) < 4.78 is 5.92. The summed E-state index contributed by atoms with van der Waals surface area (Å²) in [7, 11) is 0. The fourth-order valence-corrected chi connectivity index (χ4v) is 2.72. The topological polar surface area (TPSA) is 36.3 Å². The second-order valence-corrected chi connectivity index (χ2v) is 5.68. The molecule has 2 rings (SSSR count). The Labute approximate surface area is 109 Å². The molecule has 1 aliphatic heterocycles. The van der Waals surface area contributed by atoms with Crippen molar-refractivity contribution in [2.24, 2.45) is 0 Å². The van der Waals surface area contributed by atoms with Crippen molar-refractivity contribution in [3.8, 4) is 6.07 Å². The normalized spacial score (nSPS) is 22.6. The summed E-state index contributed by atoms with van der Waals surface area (Å²) in [5, 5.41) is 8.90. The predicted molar refractivity (Wildman–Crippen MR) is 72.7 cm³/mol. The van der Waals surface area contributed by atoms with Gasteiger partial charge in [-0.1, -0.05) is 0 Å². The van der Waals surface area contributed by atoms with Gasteiger partial charge in [-0.05, 0) is 51.5 Å². The molecular formula is C15H20N2O. The van der Waals surface area contributed by atoms with E-state index in [0.29, 0.717) is 0 Å². The molecule has 0 aromatic heterocycles. The number of nitriles is 1. The van der Waals surface area contributed by atoms with Gasteiger partial charge in [-0.3, -0.25) is 0 Å². The van der Waals surface area contributed by atoms with Crippen molar-refractivity contribution in [1.29, 1.82) is 5.26 Å². The van der Waals surface area contributed by atoms with Gasteiger partial charge in [-0.15, -0.1) is 0 Å². The van der Waals surface area contributed by atoms with E-state index in [4.69, 9.17) is 10.00 Å². The van der Waals surface area contributed by atoms with Crippen molar-refractivity contribution in [3.63, 3.8) is 0 Å². The highest BCUT2D eigenvalue weighted by molar-refractivity contribution is 5.56. The van der Waals surface area contributed by atoms with Crippen LogP contribution in [-0.4, -0.2) is 24.8 Å². The van der Waals surface area contributed by atoms with Gasteiger partial charge in [0.2, 0.25) is 0 Å². The minimum atomic E-state index is -0.127. The molecule has 96 valence electrons. The molecule has 18 heavy (non-hydrogen) atoms. The Morgan fingerprint density at radius 1 is 1.44 bits per heavy atom. The molecule has 3 heteroatoms. The molecule has 0 amide bonds. The lowest BCUT2D eigenvalue weighted by Gasteiger charge is -2.43. The summed E-state index contributed by atoms with van der Waals surface area (Å²) in [6.07, 6.45) is 0.226. The maximum absolute atomic E-state index is 8.90. The minimum Gasteiger partial charge on any atom is -0.369 e. The Kier molecular flexibility index (Phi) is 3.32. The standard InChI is InChI=1S/C15H20N2O/c1-11-7-13(8-16)5-6-14(11)17-9-12(2)18-15(3,4)10-17/h5-7,12H,9-10H2,1-4H3. The summed E-state index contributed by atoms with van der Waals surface area (Å²) in [6.45, 7) is 10.2. The summed E-state index contributed by atoms with van der Waals surface area (Å²) in [6, 6.07) is 8.05. The van der Waals surface area contributed by atoms with Crippen LogP contribution >= 0.6 is 0 Å². The molecule has 1 aromatic rings. The van der Waals surface area contributed by atoms with Gasteiger partial charge in [0.15, 0.2) is 0 Å². The van der Waals surface area contributed by atoms with Crippen LogP contribution in [0.5, 0.6) is 0 Å². The van der Waals surface area contributed by atoms with Crippen molar-refractivity contribution in [2.75, 3.05) is 18.0 Å². The zero-order valence-electron chi connectivity index (χ0n) is 11.5. The zero-order valence-corrected chi connectivity index (χ0v) is 11.5. The van der Waals surface area contributed by atoms with Crippen molar-refractivity contribution in [3.05, 3.63) is 29.3 Å². The molecule has 0 aliphatic carbocycles. The average molecular weight is 244 g/mol. The predicted octanol–water partition coefficient (Wildman–Crippen LogP) is 2.87. The molecule has 3 nitrogen and oxygen atoms in total. The van der Waals surface area contributed by atoms with Crippen LogP contribution in [0.25, 0.3) is 0 Å². The highest BCUT2D eigenvalue weighted by Crippen LogP contribution is 2.28. The number of anilines is 1. The number of morpholine rings is 1. The Morgan fingerprint density at radius 2 is 2.17 bits per heavy atom. The number of aryl methyl sites for hydroxylation is 1. The summed E-state index contributed by atoms with van der Waals surface area (Å²) in [4.78, 5) is 2.35. The van der Waals surface area contributed by atoms with Crippen LogP contribution in [0.4, 0.5) is 5.69 Å². The van der Waals surface area contributed by atoms with Gasteiger partial charge in [0.1, 0.15) is 0 Å². The van der Waals surface area contributed by atoms with E-state index in [-0.39, 0.29) is 11.7 Å². The van der Waals surface area contributed by atoms with Crippen LogP contribution in [0, 0.1) is 18.3 Å². The third-order valence-electron chi connectivity index (χ3n) is 3.24. The van der Waals surface area contributed by atoms with E-state index in [1.54, 1.807) is 0 Å². The SMILES string of the molecule is Cc1cc(C#N)ccc1N1CC(C)OC(C)(C)C1. The van der Waals surface area contributed by atoms with Crippen LogP contribution < -0.4 is 4.90 Å². The third kappa shape index (κ3) is 2.65. The van der Waals surface area contributed by atoms with E-state index in [9.17, 15) is 0 Å². The molecule has 0 radical (unpaired) electrons. The molecule has 1 atom stereocenters. The molecule has 0 saturated carbocycles. The molecule has 1 unspecified atom stereocenters. The molecular weight excluding hydrogens is 224 g/mol. The lowest BCUT2D eigenvalue weighted by Crippen LogP contribution is -2.52. The molecule has 1 saturated heterocycles. The molecule has 0 N–H and O–H groups in total. The van der Waals surface area contributed by atoms with Gasteiger partial charge in [-0.25, -0.2) is 0 Å². The molecule has 1 fully saturated rings. The van der Waals surface area contributed by atoms with Crippen molar-refractivity contribution >= 4 is 5.69 Å². The summed E-state index contributed by atoms with van der Waals surface area (Å²) in [5.74, 6) is 0. The minimum absolute atomic E-state index is 0.127. The fraction of sp³-hybridized carbons (Fsp3) is 0.533. The van der Waals surface area contributed by atoms with Gasteiger partial charge in [0.25, 0.3) is 0 Å². The van der Waals surface area contributed by atoms with Gasteiger partial charge in [-0.2, -0.15) is 5.26 Å². The van der Waals surface area contributed by atoms with Crippen LogP contribution in [0.3, 0.4) is 0 Å². The van der Waals surface area contributed by atoms with Gasteiger partial charge < -0.3 is 9.64 Å². The second kappa shape index (κ2) is 4.62. The van der Waals surface area contributed by atoms with Crippen molar-refractivity contribution in [2.45, 2.75) is 39.4 Å². The number of nitrogens with zero attached hydrogens (tertiary/aromatic N) is 2. The number of ether oxygens (including phenoxy) is 1. The van der Waals surface area contributed by atoms with E-state index in [0.717, 1.165) is 24.2 Å². The number of rotatable bonds is 1. The Bertz CT molecular complexity index is 488. The summed E-state index contributed by atoms with van der Waals surface area (Å²) in [5.41, 5.74) is 2.95. The molecule has 1 aliphatic rings. The first kappa shape index (κ1) is 12.9. The highest BCUT2D eigenvalue weighted by atomic mass is 16.5. The van der Waals surface area contributed by atoms with E-state index in [1.807, 2.05) is 18.2 Å². The first-order chi connectivity index (χ1) is 8.41. The van der Waals surface area contributed by atoms with Crippen molar-refractivity contribution in [1.82, 2.24) is 0 Å². The monoisotopic (exact) mass is 244 g/mol. The first-order valence-electron chi connectivity index (χ1n) is 6.35. The van der Waals surface area contributed by atoms with E-state index in [1.165, 1.54) is 5.69 Å². The maximum atomic E-state index is 8.90. The molecule has 1 aromatic carbocycles. The zero-order chi connectivity index (χ0) is 13.3. The van der Waals surface area contributed by atoms with E-state index < -0.39 is 0 Å². The molecule has 0 bridgehead atoms. The molecule has 1 heterocycles. The van der Waals surface area contributed by atoms with Gasteiger partial charge in [0.05, 0.1) is 23.3 Å². The van der Waals surface area contributed by atoms with Crippen LogP contribution in [-0.2, 0) is 4.74 Å². The van der Waals surface area contributed by atoms with Gasteiger partial charge in [0, 0.05) is 18.8 Å². The largest absolute Gasteiger partial charge is 0.369 e. The Morgan fingerprint density at radius 3 is 2.72 bits per heavy atom.